The van der Waals surface area contributed by atoms with Crippen molar-refractivity contribution in [3.63, 3.8) is 0 Å². The van der Waals surface area contributed by atoms with Gasteiger partial charge in [-0.1, -0.05) is 0 Å². The highest BCUT2D eigenvalue weighted by Gasteiger charge is 2.08. The lowest BCUT2D eigenvalue weighted by atomic mass is 10.5. The van der Waals surface area contributed by atoms with Crippen molar-refractivity contribution in [2.45, 2.75) is 26.6 Å². The molecule has 0 amide bonds. The summed E-state index contributed by atoms with van der Waals surface area (Å²) in [7, 11) is 0. The van der Waals surface area contributed by atoms with Crippen LogP contribution < -0.4 is 0 Å². The quantitative estimate of drug-likeness (QED) is 0.487. The molecule has 4 nitrogen and oxygen atoms in total. The molecule has 0 heterocycles. The summed E-state index contributed by atoms with van der Waals surface area (Å²) in [6.07, 6.45) is 0.126. The van der Waals surface area contributed by atoms with Crippen LogP contribution in [0.25, 0.3) is 0 Å². The molecule has 0 aliphatic rings. The molecule has 0 spiro atoms. The van der Waals surface area contributed by atoms with Crippen LogP contribution in [0.2, 0.25) is 0 Å². The molecular weight excluding hydrogens is 180 g/mol. The van der Waals surface area contributed by atoms with E-state index in [1.54, 1.807) is 0 Å². The lowest BCUT2D eigenvalue weighted by molar-refractivity contribution is -0.136. The Morgan fingerprint density at radius 1 is 1.33 bits per heavy atom. The molecule has 1 N–H and O–H groups in total. The first-order valence-electron chi connectivity index (χ1n) is 4.01. The van der Waals surface area contributed by atoms with Crippen LogP contribution in [-0.2, 0) is 20.6 Å². The van der Waals surface area contributed by atoms with Crippen LogP contribution in [0.15, 0.2) is 0 Å². The van der Waals surface area contributed by atoms with E-state index in [2.05, 4.69) is 0 Å². The van der Waals surface area contributed by atoms with E-state index in [1.165, 1.54) is 0 Å². The van der Waals surface area contributed by atoms with Crippen LogP contribution in [0, 0.1) is 0 Å². The fraction of sp³-hybridized carbons (Fsp3) is 1.00. The molecule has 0 bridgehead atoms. The largest absolute Gasteiger partial charge is 0.353 e. The molecule has 0 radical (unpaired) electrons. The number of hydrogen-bond donors (Lipinski definition) is 1. The predicted molar refractivity (Wildman–Crippen MR) is 47.3 cm³/mol. The van der Waals surface area contributed by atoms with E-state index in [0.717, 1.165) is 0 Å². The first-order chi connectivity index (χ1) is 5.70. The Labute approximate surface area is 75.5 Å². The summed E-state index contributed by atoms with van der Waals surface area (Å²) in [6, 6.07) is 0. The van der Waals surface area contributed by atoms with Gasteiger partial charge in [0, 0.05) is 19.6 Å². The maximum absolute atomic E-state index is 10.3. The summed E-state index contributed by atoms with van der Waals surface area (Å²) in [4.78, 5) is 0. The summed E-state index contributed by atoms with van der Waals surface area (Å²) in [5.41, 5.74) is 0. The topological polar surface area (TPSA) is 55.8 Å². The van der Waals surface area contributed by atoms with E-state index in [1.807, 2.05) is 13.8 Å². The van der Waals surface area contributed by atoms with Gasteiger partial charge in [0.15, 0.2) is 17.4 Å². The summed E-state index contributed by atoms with van der Waals surface area (Å²) >= 11 is -1.75. The minimum atomic E-state index is -1.75. The highest BCUT2D eigenvalue weighted by atomic mass is 32.2. The van der Waals surface area contributed by atoms with Gasteiger partial charge in [-0.25, -0.2) is 4.21 Å². The average molecular weight is 196 g/mol. The maximum atomic E-state index is 10.3. The van der Waals surface area contributed by atoms with Crippen molar-refractivity contribution in [1.82, 2.24) is 0 Å². The molecule has 0 rings (SSSR count). The van der Waals surface area contributed by atoms with Gasteiger partial charge in [-0.05, 0) is 13.8 Å². The summed E-state index contributed by atoms with van der Waals surface area (Å²) in [6.45, 7) is 4.84. The van der Waals surface area contributed by atoms with Crippen molar-refractivity contribution in [2.24, 2.45) is 0 Å². The highest BCUT2D eigenvalue weighted by Crippen LogP contribution is 2.01. The van der Waals surface area contributed by atoms with E-state index in [0.29, 0.717) is 19.6 Å². The van der Waals surface area contributed by atoms with E-state index in [4.69, 9.17) is 14.0 Å². The van der Waals surface area contributed by atoms with Gasteiger partial charge in [-0.15, -0.1) is 0 Å². The Morgan fingerprint density at radius 3 is 2.17 bits per heavy atom. The fourth-order valence-electron chi connectivity index (χ4n) is 0.784. The lowest BCUT2D eigenvalue weighted by Gasteiger charge is -2.15. The van der Waals surface area contributed by atoms with Crippen molar-refractivity contribution in [2.75, 3.05) is 19.0 Å². The zero-order valence-corrected chi connectivity index (χ0v) is 8.30. The first kappa shape index (κ1) is 12.0. The van der Waals surface area contributed by atoms with Gasteiger partial charge in [0.1, 0.15) is 0 Å². The average Bonchev–Trinajstić information content (AvgIpc) is 2.01. The molecule has 0 aliphatic heterocycles. The van der Waals surface area contributed by atoms with Gasteiger partial charge in [-0.2, -0.15) is 0 Å². The first-order valence-corrected chi connectivity index (χ1v) is 5.28. The van der Waals surface area contributed by atoms with Gasteiger partial charge in [0.25, 0.3) is 0 Å². The number of hydrogen-bond acceptors (Lipinski definition) is 3. The molecule has 0 fully saturated rings. The van der Waals surface area contributed by atoms with Gasteiger partial charge in [-0.3, -0.25) is 0 Å². The summed E-state index contributed by atoms with van der Waals surface area (Å²) in [5, 5.41) is 0. The predicted octanol–water partition coefficient (Wildman–Crippen LogP) is 0.997. The second kappa shape index (κ2) is 7.67. The van der Waals surface area contributed by atoms with Crippen LogP contribution in [0.4, 0.5) is 0 Å². The summed E-state index contributed by atoms with van der Waals surface area (Å²) in [5.74, 6) is 0.199. The zero-order valence-electron chi connectivity index (χ0n) is 7.49. The number of rotatable bonds is 7. The standard InChI is InChI=1S/C7H16O4S/c1-3-10-7(11-4-2)5-6-12(8)9/h7H,3-6H2,1-2H3,(H,8,9). The Kier molecular flexibility index (Phi) is 7.69. The Balaban J connectivity index is 3.54. The van der Waals surface area contributed by atoms with Crippen LogP contribution in [0.5, 0.6) is 0 Å². The van der Waals surface area contributed by atoms with Crippen LogP contribution >= 0.6 is 0 Å². The van der Waals surface area contributed by atoms with Gasteiger partial charge >= 0.3 is 0 Å². The second-order valence-electron chi connectivity index (χ2n) is 2.15. The van der Waals surface area contributed by atoms with Gasteiger partial charge in [0.2, 0.25) is 0 Å². The van der Waals surface area contributed by atoms with Crippen molar-refractivity contribution in [3.05, 3.63) is 0 Å². The molecule has 0 aromatic carbocycles. The third kappa shape index (κ3) is 6.72. The molecule has 5 heteroatoms. The molecule has 0 aromatic heterocycles. The molecule has 1 atom stereocenters. The molecular formula is C7H16O4S. The lowest BCUT2D eigenvalue weighted by Crippen LogP contribution is -2.19. The molecule has 0 saturated heterocycles. The molecule has 74 valence electrons. The smallest absolute Gasteiger partial charge is 0.158 e. The third-order valence-electron chi connectivity index (χ3n) is 1.23. The van der Waals surface area contributed by atoms with Gasteiger partial charge in [0.05, 0.1) is 5.75 Å². The Morgan fingerprint density at radius 2 is 1.83 bits per heavy atom. The summed E-state index contributed by atoms with van der Waals surface area (Å²) < 4.78 is 29.1. The SMILES string of the molecule is CCOC(CCS(=O)O)OCC. The van der Waals surface area contributed by atoms with Crippen LogP contribution in [-0.4, -0.2) is 34.0 Å². The second-order valence-corrected chi connectivity index (χ2v) is 3.21. The van der Waals surface area contributed by atoms with E-state index in [-0.39, 0.29) is 12.0 Å². The fourth-order valence-corrected chi connectivity index (χ4v) is 1.18. The maximum Gasteiger partial charge on any atom is 0.158 e. The van der Waals surface area contributed by atoms with Crippen LogP contribution in [0.3, 0.4) is 0 Å². The minimum Gasteiger partial charge on any atom is -0.353 e. The van der Waals surface area contributed by atoms with Crippen molar-refractivity contribution in [1.29, 1.82) is 0 Å². The minimum absolute atomic E-state index is 0.199. The Hall–Kier alpha value is 0.0300. The molecule has 0 aromatic rings. The molecule has 12 heavy (non-hydrogen) atoms. The van der Waals surface area contributed by atoms with Gasteiger partial charge < -0.3 is 14.0 Å². The van der Waals surface area contributed by atoms with Crippen LogP contribution in [0.1, 0.15) is 20.3 Å². The number of ether oxygens (including phenoxy) is 2. The van der Waals surface area contributed by atoms with E-state index in [9.17, 15) is 4.21 Å². The van der Waals surface area contributed by atoms with Crippen molar-refractivity contribution in [3.8, 4) is 0 Å². The van der Waals surface area contributed by atoms with Crippen molar-refractivity contribution >= 4 is 11.1 Å². The highest BCUT2D eigenvalue weighted by molar-refractivity contribution is 7.79. The Bertz CT molecular complexity index is 123. The monoisotopic (exact) mass is 196 g/mol. The van der Waals surface area contributed by atoms with Crippen molar-refractivity contribution < 1.29 is 18.2 Å². The zero-order chi connectivity index (χ0) is 9.40. The van der Waals surface area contributed by atoms with E-state index >= 15 is 0 Å². The molecule has 1 unspecified atom stereocenters. The molecule has 0 saturated carbocycles. The normalized spacial score (nSPS) is 13.7. The third-order valence-corrected chi connectivity index (χ3v) is 1.82. The molecule has 0 aliphatic carbocycles. The van der Waals surface area contributed by atoms with E-state index < -0.39 is 11.1 Å².